The van der Waals surface area contributed by atoms with Gasteiger partial charge in [0.2, 0.25) is 0 Å². The van der Waals surface area contributed by atoms with Gasteiger partial charge in [-0.2, -0.15) is 0 Å². The van der Waals surface area contributed by atoms with Crippen molar-refractivity contribution in [3.05, 3.63) is 97.1 Å². The molecule has 2 fully saturated rings. The summed E-state index contributed by atoms with van der Waals surface area (Å²) in [5, 5.41) is 3.43. The third-order valence-corrected chi connectivity index (χ3v) is 12.2. The summed E-state index contributed by atoms with van der Waals surface area (Å²) in [6.45, 7) is 6.88. The van der Waals surface area contributed by atoms with Gasteiger partial charge in [0.25, 0.3) is 11.5 Å². The van der Waals surface area contributed by atoms with E-state index in [9.17, 15) is 9.59 Å². The third-order valence-electron chi connectivity index (χ3n) is 10.9. The number of aryl methyl sites for hydroxylation is 2. The minimum Gasteiger partial charge on any atom is -0.378 e. The lowest BCUT2D eigenvalue weighted by molar-refractivity contribution is -0.0712. The highest BCUT2D eigenvalue weighted by molar-refractivity contribution is 7.14. The minimum absolute atomic E-state index is 0.0697. The van der Waals surface area contributed by atoms with E-state index in [0.717, 1.165) is 84.9 Å². The van der Waals surface area contributed by atoms with Gasteiger partial charge in [-0.25, -0.2) is 0 Å². The number of carbonyl (C=O) groups is 1. The maximum absolute atomic E-state index is 14.0. The lowest BCUT2D eigenvalue weighted by atomic mass is 9.88. The Hall–Kier alpha value is -3.72. The monoisotopic (exact) mass is 648 g/mol. The van der Waals surface area contributed by atoms with E-state index in [2.05, 4.69) is 53.5 Å². The molecule has 3 aliphatic heterocycles. The van der Waals surface area contributed by atoms with Crippen molar-refractivity contribution in [3.8, 4) is 11.1 Å². The Morgan fingerprint density at radius 3 is 2.47 bits per heavy atom. The van der Waals surface area contributed by atoms with Crippen LogP contribution in [0, 0.1) is 0 Å². The van der Waals surface area contributed by atoms with E-state index >= 15 is 0 Å². The Bertz CT molecular complexity index is 1860. The van der Waals surface area contributed by atoms with Crippen LogP contribution in [0.2, 0.25) is 0 Å². The molecular weight excluding hydrogens is 605 g/mol. The fraction of sp³-hybridized carbons (Fsp3) is 0.436. The number of benzene rings is 2. The molecule has 8 heteroatoms. The van der Waals surface area contributed by atoms with Crippen molar-refractivity contribution in [3.63, 3.8) is 0 Å². The number of ether oxygens (including phenoxy) is 1. The molecule has 7 nitrogen and oxygen atoms in total. The SMILES string of the molecule is CCc1c(-c2cc(Nc3ccc(C4CCN(C5COC5)CC4)cc3)c(=O)n(C)c2)cccc1N1CCc2c(sc3c2CCCC3)C1=O. The highest BCUT2D eigenvalue weighted by atomic mass is 32.1. The van der Waals surface area contributed by atoms with E-state index < -0.39 is 0 Å². The zero-order valence-electron chi connectivity index (χ0n) is 27.5. The lowest BCUT2D eigenvalue weighted by Gasteiger charge is -2.41. The van der Waals surface area contributed by atoms with Crippen molar-refractivity contribution in [1.29, 1.82) is 0 Å². The highest BCUT2D eigenvalue weighted by Gasteiger charge is 2.33. The molecule has 47 heavy (non-hydrogen) atoms. The van der Waals surface area contributed by atoms with Crippen LogP contribution in [0.5, 0.6) is 0 Å². The topological polar surface area (TPSA) is 66.8 Å². The number of thiophene rings is 1. The van der Waals surface area contributed by atoms with E-state index in [1.165, 1.54) is 47.3 Å². The second kappa shape index (κ2) is 12.7. The van der Waals surface area contributed by atoms with E-state index in [4.69, 9.17) is 4.74 Å². The predicted molar refractivity (Wildman–Crippen MR) is 191 cm³/mol. The molecule has 0 bridgehead atoms. The van der Waals surface area contributed by atoms with Crippen molar-refractivity contribution in [2.45, 2.75) is 70.3 Å². The lowest BCUT2D eigenvalue weighted by Crippen LogP contribution is -2.51. The van der Waals surface area contributed by atoms with Gasteiger partial charge in [-0.1, -0.05) is 31.2 Å². The first-order valence-electron chi connectivity index (χ1n) is 17.5. The molecule has 2 saturated heterocycles. The molecule has 0 radical (unpaired) electrons. The van der Waals surface area contributed by atoms with Crippen LogP contribution in [-0.4, -0.2) is 54.3 Å². The fourth-order valence-corrected chi connectivity index (χ4v) is 9.58. The molecule has 1 amide bonds. The van der Waals surface area contributed by atoms with Gasteiger partial charge in [-0.15, -0.1) is 11.3 Å². The molecule has 2 aromatic heterocycles. The van der Waals surface area contributed by atoms with E-state index in [0.29, 0.717) is 24.2 Å². The van der Waals surface area contributed by atoms with E-state index in [-0.39, 0.29) is 11.5 Å². The van der Waals surface area contributed by atoms with Crippen molar-refractivity contribution in [2.24, 2.45) is 7.05 Å². The van der Waals surface area contributed by atoms with Crippen LogP contribution >= 0.6 is 11.3 Å². The Morgan fingerprint density at radius 1 is 0.936 bits per heavy atom. The maximum atomic E-state index is 14.0. The van der Waals surface area contributed by atoms with Crippen molar-refractivity contribution < 1.29 is 9.53 Å². The Labute approximate surface area is 281 Å². The molecule has 2 aromatic carbocycles. The second-order valence-corrected chi connectivity index (χ2v) is 14.8. The molecular formula is C39H44N4O3S. The Morgan fingerprint density at radius 2 is 1.72 bits per heavy atom. The molecule has 0 atom stereocenters. The summed E-state index contributed by atoms with van der Waals surface area (Å²) in [7, 11) is 1.81. The van der Waals surface area contributed by atoms with Crippen LogP contribution in [0.3, 0.4) is 0 Å². The summed E-state index contributed by atoms with van der Waals surface area (Å²) in [5.41, 5.74) is 9.67. The molecule has 8 rings (SSSR count). The third kappa shape index (κ3) is 5.64. The van der Waals surface area contributed by atoms with Gasteiger partial charge in [0.15, 0.2) is 0 Å². The number of likely N-dealkylation sites (tertiary alicyclic amines) is 1. The predicted octanol–water partition coefficient (Wildman–Crippen LogP) is 7.08. The van der Waals surface area contributed by atoms with Crippen LogP contribution in [0.25, 0.3) is 11.1 Å². The first kappa shape index (κ1) is 30.6. The Kier molecular flexibility index (Phi) is 8.28. The highest BCUT2D eigenvalue weighted by Crippen LogP contribution is 2.41. The quantitative estimate of drug-likeness (QED) is 0.232. The normalized spacial score (nSPS) is 18.9. The average Bonchev–Trinajstić information content (AvgIpc) is 3.46. The smallest absolute Gasteiger partial charge is 0.274 e. The van der Waals surface area contributed by atoms with Gasteiger partial charge in [0, 0.05) is 41.6 Å². The molecule has 4 aliphatic rings. The number of rotatable bonds is 7. The van der Waals surface area contributed by atoms with Crippen LogP contribution in [0.15, 0.2) is 59.5 Å². The number of fused-ring (bicyclic) bond motifs is 3. The summed E-state index contributed by atoms with van der Waals surface area (Å²) in [4.78, 5) is 34.3. The van der Waals surface area contributed by atoms with Gasteiger partial charge in [0.1, 0.15) is 5.69 Å². The number of aromatic nitrogens is 1. The molecule has 0 spiro atoms. The van der Waals surface area contributed by atoms with E-state index in [1.807, 2.05) is 30.3 Å². The van der Waals surface area contributed by atoms with Gasteiger partial charge in [-0.05, 0) is 122 Å². The average molecular weight is 649 g/mol. The van der Waals surface area contributed by atoms with Crippen molar-refractivity contribution in [1.82, 2.24) is 9.47 Å². The first-order valence-corrected chi connectivity index (χ1v) is 18.3. The van der Waals surface area contributed by atoms with Crippen LogP contribution < -0.4 is 15.8 Å². The second-order valence-electron chi connectivity index (χ2n) is 13.7. The van der Waals surface area contributed by atoms with Crippen molar-refractivity contribution >= 4 is 34.3 Å². The minimum atomic E-state index is -0.0697. The standard InChI is InChI=1S/C39H44N4O3S/c1-3-30-31(8-6-9-35(30)43-20-17-33-32-7-4-5-10-36(32)47-37(33)39(43)45)27-21-34(38(44)41(2)22-27)40-28-13-11-25(12-14-28)26-15-18-42(19-16-26)29-23-46-24-29/h6,8-9,11-14,21-22,26,29,40H,3-5,7,10,15-20,23-24H2,1-2H3. The Balaban J connectivity index is 1.04. The summed E-state index contributed by atoms with van der Waals surface area (Å²) in [5.74, 6) is 0.711. The molecule has 4 aromatic rings. The molecule has 0 saturated carbocycles. The number of hydrogen-bond acceptors (Lipinski definition) is 6. The molecule has 5 heterocycles. The number of nitrogens with one attached hydrogen (secondary N) is 1. The van der Waals surface area contributed by atoms with Gasteiger partial charge in [0.05, 0.1) is 24.1 Å². The summed E-state index contributed by atoms with van der Waals surface area (Å²) in [6, 6.07) is 17.5. The number of pyridine rings is 1. The number of hydrogen-bond donors (Lipinski definition) is 1. The summed E-state index contributed by atoms with van der Waals surface area (Å²) in [6.07, 6.45) is 10.6. The summed E-state index contributed by atoms with van der Waals surface area (Å²) < 4.78 is 7.05. The summed E-state index contributed by atoms with van der Waals surface area (Å²) >= 11 is 1.73. The molecule has 1 aliphatic carbocycles. The maximum Gasteiger partial charge on any atom is 0.274 e. The van der Waals surface area contributed by atoms with Crippen molar-refractivity contribution in [2.75, 3.05) is 43.1 Å². The number of piperidine rings is 1. The van der Waals surface area contributed by atoms with E-state index in [1.54, 1.807) is 15.9 Å². The molecule has 244 valence electrons. The van der Waals surface area contributed by atoms with Crippen LogP contribution in [-0.2, 0) is 37.5 Å². The molecule has 1 N–H and O–H groups in total. The number of carbonyl (C=O) groups excluding carboxylic acids is 1. The number of amides is 1. The van der Waals surface area contributed by atoms with Gasteiger partial charge >= 0.3 is 0 Å². The first-order chi connectivity index (χ1) is 23.0. The number of anilines is 3. The van der Waals surface area contributed by atoms with Crippen LogP contribution in [0.1, 0.15) is 75.3 Å². The zero-order chi connectivity index (χ0) is 32.1. The van der Waals surface area contributed by atoms with Gasteiger partial charge in [-0.3, -0.25) is 14.5 Å². The zero-order valence-corrected chi connectivity index (χ0v) is 28.3. The van der Waals surface area contributed by atoms with Gasteiger partial charge < -0.3 is 19.5 Å². The largest absolute Gasteiger partial charge is 0.378 e. The number of nitrogens with zero attached hydrogens (tertiary/aromatic N) is 3. The fourth-order valence-electron chi connectivity index (χ4n) is 8.19. The molecule has 0 unspecified atom stereocenters. The van der Waals surface area contributed by atoms with Crippen LogP contribution in [0.4, 0.5) is 17.1 Å².